The molecule has 0 aromatic heterocycles. The molecule has 0 radical (unpaired) electrons. The summed E-state index contributed by atoms with van der Waals surface area (Å²) in [6.45, 7) is 3.01. The van der Waals surface area contributed by atoms with E-state index in [4.69, 9.17) is 22.1 Å². The molecule has 0 spiro atoms. The summed E-state index contributed by atoms with van der Waals surface area (Å²) in [7, 11) is -4.00. The Labute approximate surface area is 162 Å². The predicted molar refractivity (Wildman–Crippen MR) is 102 cm³/mol. The first-order valence-electron chi connectivity index (χ1n) is 7.70. The lowest BCUT2D eigenvalue weighted by Crippen LogP contribution is -2.31. The Hall–Kier alpha value is -2.84. The summed E-state index contributed by atoms with van der Waals surface area (Å²) < 4.78 is 32.0. The average molecular weight is 409 g/mol. The zero-order chi connectivity index (χ0) is 20.0. The third-order valence-electron chi connectivity index (χ3n) is 3.41. The maximum absolute atomic E-state index is 13.1. The number of hydrogen-bond donors (Lipinski definition) is 1. The maximum atomic E-state index is 13.1. The summed E-state index contributed by atoms with van der Waals surface area (Å²) >= 11 is 5.86. The van der Waals surface area contributed by atoms with E-state index in [1.807, 2.05) is 0 Å². The van der Waals surface area contributed by atoms with Crippen LogP contribution in [0.5, 0.6) is 0 Å². The number of esters is 1. The summed E-state index contributed by atoms with van der Waals surface area (Å²) in [6, 6.07) is 11.6. The molecule has 2 rings (SSSR count). The fourth-order valence-electron chi connectivity index (χ4n) is 2.20. The Morgan fingerprint density at radius 1 is 1.19 bits per heavy atom. The van der Waals surface area contributed by atoms with E-state index in [9.17, 15) is 18.0 Å². The van der Waals surface area contributed by atoms with Crippen molar-refractivity contribution in [1.82, 2.24) is 0 Å². The van der Waals surface area contributed by atoms with E-state index in [1.54, 1.807) is 24.3 Å². The van der Waals surface area contributed by atoms with Crippen LogP contribution in [0.2, 0.25) is 5.02 Å². The quantitative estimate of drug-likeness (QED) is 0.533. The monoisotopic (exact) mass is 408 g/mol. The molecule has 9 heteroatoms. The molecule has 27 heavy (non-hydrogen) atoms. The van der Waals surface area contributed by atoms with Gasteiger partial charge in [-0.05, 0) is 42.5 Å². The molecule has 0 heterocycles. The van der Waals surface area contributed by atoms with Crippen molar-refractivity contribution in [1.29, 1.82) is 0 Å². The van der Waals surface area contributed by atoms with Gasteiger partial charge < -0.3 is 10.5 Å². The molecule has 142 valence electrons. The van der Waals surface area contributed by atoms with Crippen LogP contribution < -0.4 is 10.0 Å². The number of anilines is 1. The predicted octanol–water partition coefficient (Wildman–Crippen LogP) is 2.36. The second kappa shape index (κ2) is 8.70. The molecule has 0 unspecified atom stereocenters. The fraction of sp³-hybridized carbons (Fsp3) is 0.111. The van der Waals surface area contributed by atoms with Gasteiger partial charge in [0.1, 0.15) is 0 Å². The Bertz CT molecular complexity index is 958. The lowest BCUT2D eigenvalue weighted by atomic mass is 10.2. The molecule has 0 saturated heterocycles. The molecule has 0 aliphatic heterocycles. The number of nitrogens with zero attached hydrogens (tertiary/aromatic N) is 1. The standard InChI is InChI=1S/C18H17ClN2O5S/c1-2-10-21(15-8-6-14(19)7-9-15)27(24,25)16-5-3-4-13(11-16)18(23)26-12-17(20)22/h2-9,11H,1,10,12H2,(H2,20,22). The highest BCUT2D eigenvalue weighted by molar-refractivity contribution is 7.92. The highest BCUT2D eigenvalue weighted by atomic mass is 35.5. The normalized spacial score (nSPS) is 10.9. The highest BCUT2D eigenvalue weighted by Crippen LogP contribution is 2.25. The van der Waals surface area contributed by atoms with E-state index < -0.39 is 28.5 Å². The van der Waals surface area contributed by atoms with Gasteiger partial charge in [0.15, 0.2) is 6.61 Å². The number of carbonyl (C=O) groups excluding carboxylic acids is 2. The van der Waals surface area contributed by atoms with Crippen LogP contribution in [-0.2, 0) is 19.6 Å². The van der Waals surface area contributed by atoms with Gasteiger partial charge in [0.25, 0.3) is 15.9 Å². The Balaban J connectivity index is 2.39. The van der Waals surface area contributed by atoms with Crippen LogP contribution in [0.15, 0.2) is 66.1 Å². The lowest BCUT2D eigenvalue weighted by molar-refractivity contribution is -0.121. The van der Waals surface area contributed by atoms with E-state index in [2.05, 4.69) is 6.58 Å². The van der Waals surface area contributed by atoms with E-state index in [0.29, 0.717) is 10.7 Å². The van der Waals surface area contributed by atoms with Crippen LogP contribution in [0.4, 0.5) is 5.69 Å². The summed E-state index contributed by atoms with van der Waals surface area (Å²) in [5.74, 6) is -1.67. The smallest absolute Gasteiger partial charge is 0.338 e. The van der Waals surface area contributed by atoms with Gasteiger partial charge in [0.05, 0.1) is 22.7 Å². The Morgan fingerprint density at radius 3 is 2.44 bits per heavy atom. The van der Waals surface area contributed by atoms with E-state index >= 15 is 0 Å². The summed E-state index contributed by atoms with van der Waals surface area (Å²) in [4.78, 5) is 22.6. The van der Waals surface area contributed by atoms with Crippen molar-refractivity contribution in [2.24, 2.45) is 5.73 Å². The molecular formula is C18H17ClN2O5S. The molecule has 2 aromatic rings. The second-order valence-electron chi connectivity index (χ2n) is 5.37. The minimum absolute atomic E-state index is 0.0142. The van der Waals surface area contributed by atoms with Gasteiger partial charge in [-0.3, -0.25) is 9.10 Å². The van der Waals surface area contributed by atoms with Gasteiger partial charge in [0.2, 0.25) is 0 Å². The van der Waals surface area contributed by atoms with Gasteiger partial charge in [-0.15, -0.1) is 6.58 Å². The minimum Gasteiger partial charge on any atom is -0.452 e. The zero-order valence-electron chi connectivity index (χ0n) is 14.2. The summed E-state index contributed by atoms with van der Waals surface area (Å²) in [5.41, 5.74) is 5.30. The first-order valence-corrected chi connectivity index (χ1v) is 9.52. The lowest BCUT2D eigenvalue weighted by Gasteiger charge is -2.23. The fourth-order valence-corrected chi connectivity index (χ4v) is 3.81. The van der Waals surface area contributed by atoms with Crippen molar-refractivity contribution < 1.29 is 22.7 Å². The molecule has 2 N–H and O–H groups in total. The molecule has 7 nitrogen and oxygen atoms in total. The number of benzene rings is 2. The molecule has 0 atom stereocenters. The molecule has 0 saturated carbocycles. The highest BCUT2D eigenvalue weighted by Gasteiger charge is 2.25. The first kappa shape index (κ1) is 20.5. The van der Waals surface area contributed by atoms with Gasteiger partial charge in [-0.2, -0.15) is 0 Å². The van der Waals surface area contributed by atoms with Crippen LogP contribution in [0.3, 0.4) is 0 Å². The second-order valence-corrected chi connectivity index (χ2v) is 7.67. The summed E-state index contributed by atoms with van der Waals surface area (Å²) in [6.07, 6.45) is 1.44. The molecule has 2 aromatic carbocycles. The van der Waals surface area contributed by atoms with Crippen molar-refractivity contribution in [2.75, 3.05) is 17.5 Å². The van der Waals surface area contributed by atoms with Crippen LogP contribution in [0.1, 0.15) is 10.4 Å². The Kier molecular flexibility index (Phi) is 6.59. The molecule has 0 aliphatic carbocycles. The average Bonchev–Trinajstić information content (AvgIpc) is 2.65. The third-order valence-corrected chi connectivity index (χ3v) is 5.45. The van der Waals surface area contributed by atoms with Crippen molar-refractivity contribution in [3.63, 3.8) is 0 Å². The number of rotatable bonds is 8. The molecule has 0 aliphatic rings. The van der Waals surface area contributed by atoms with Crippen LogP contribution in [0.25, 0.3) is 0 Å². The van der Waals surface area contributed by atoms with Crippen molar-refractivity contribution in [2.45, 2.75) is 4.90 Å². The van der Waals surface area contributed by atoms with Crippen molar-refractivity contribution >= 4 is 39.2 Å². The largest absolute Gasteiger partial charge is 0.452 e. The SMILES string of the molecule is C=CCN(c1ccc(Cl)cc1)S(=O)(=O)c1cccc(C(=O)OCC(N)=O)c1. The number of halogens is 1. The maximum Gasteiger partial charge on any atom is 0.338 e. The number of ether oxygens (including phenoxy) is 1. The van der Waals surface area contributed by atoms with Gasteiger partial charge >= 0.3 is 5.97 Å². The zero-order valence-corrected chi connectivity index (χ0v) is 15.7. The van der Waals surface area contributed by atoms with Gasteiger partial charge in [-0.25, -0.2) is 13.2 Å². The number of carbonyl (C=O) groups is 2. The topological polar surface area (TPSA) is 107 Å². The van der Waals surface area contributed by atoms with Crippen LogP contribution in [-0.4, -0.2) is 33.4 Å². The minimum atomic E-state index is -4.00. The third kappa shape index (κ3) is 5.08. The van der Waals surface area contributed by atoms with Gasteiger partial charge in [0, 0.05) is 5.02 Å². The number of amides is 1. The number of nitrogens with two attached hydrogens (primary N) is 1. The van der Waals surface area contributed by atoms with Gasteiger partial charge in [-0.1, -0.05) is 23.7 Å². The molecule has 0 bridgehead atoms. The molecular weight excluding hydrogens is 392 g/mol. The number of hydrogen-bond acceptors (Lipinski definition) is 5. The first-order chi connectivity index (χ1) is 12.8. The summed E-state index contributed by atoms with van der Waals surface area (Å²) in [5, 5.41) is 0.467. The van der Waals surface area contributed by atoms with Crippen LogP contribution in [0, 0.1) is 0 Å². The molecule has 1 amide bonds. The van der Waals surface area contributed by atoms with E-state index in [1.165, 1.54) is 30.3 Å². The molecule has 0 fully saturated rings. The van der Waals surface area contributed by atoms with Crippen LogP contribution >= 0.6 is 11.6 Å². The van der Waals surface area contributed by atoms with Crippen molar-refractivity contribution in [3.05, 3.63) is 71.8 Å². The van der Waals surface area contributed by atoms with Crippen molar-refractivity contribution in [3.8, 4) is 0 Å². The Morgan fingerprint density at radius 2 is 1.85 bits per heavy atom. The van der Waals surface area contributed by atoms with E-state index in [0.717, 1.165) is 4.31 Å². The number of primary amides is 1. The van der Waals surface area contributed by atoms with E-state index in [-0.39, 0.29) is 17.0 Å². The number of sulfonamides is 1.